The molecule has 46 heavy (non-hydrogen) atoms. The number of ether oxygens (including phenoxy) is 2. The van der Waals surface area contributed by atoms with Crippen molar-refractivity contribution in [3.8, 4) is 11.1 Å². The summed E-state index contributed by atoms with van der Waals surface area (Å²) in [7, 11) is 0. The van der Waals surface area contributed by atoms with Crippen LogP contribution in [0.25, 0.3) is 11.1 Å². The Labute approximate surface area is 271 Å². The highest BCUT2D eigenvalue weighted by atomic mass is 16.7. The summed E-state index contributed by atoms with van der Waals surface area (Å²) in [5, 5.41) is 25.3. The van der Waals surface area contributed by atoms with E-state index >= 15 is 0 Å². The molecule has 4 aromatic rings. The van der Waals surface area contributed by atoms with E-state index in [2.05, 4.69) is 45.9 Å². The number of amides is 2. The molecule has 0 saturated carbocycles. The van der Waals surface area contributed by atoms with E-state index in [0.717, 1.165) is 64.9 Å². The van der Waals surface area contributed by atoms with Crippen molar-refractivity contribution < 1.29 is 24.5 Å². The highest BCUT2D eigenvalue weighted by molar-refractivity contribution is 5.75. The van der Waals surface area contributed by atoms with E-state index in [9.17, 15) is 15.0 Å². The SMILES string of the molecule is O=C(NCc1ccccc1)NCc1ccccc1-c1ccc([C@H]2O[C@@H](CN3CCC[C@H]3CO)C[C@@H](c3ccc(CO)cc3)O2)cc1. The van der Waals surface area contributed by atoms with Gasteiger partial charge in [-0.2, -0.15) is 0 Å². The molecule has 0 spiro atoms. The number of carbonyl (C=O) groups excluding carboxylic acids is 1. The van der Waals surface area contributed by atoms with Crippen LogP contribution in [-0.2, 0) is 29.2 Å². The first kappa shape index (κ1) is 31.9. The van der Waals surface area contributed by atoms with Gasteiger partial charge in [-0.15, -0.1) is 0 Å². The molecule has 4 aromatic carbocycles. The van der Waals surface area contributed by atoms with Crippen LogP contribution in [0.3, 0.4) is 0 Å². The predicted octanol–water partition coefficient (Wildman–Crippen LogP) is 5.85. The lowest BCUT2D eigenvalue weighted by Crippen LogP contribution is -2.42. The summed E-state index contributed by atoms with van der Waals surface area (Å²) in [5.74, 6) is 0. The summed E-state index contributed by atoms with van der Waals surface area (Å²) in [5.41, 5.74) is 7.01. The van der Waals surface area contributed by atoms with Crippen LogP contribution in [-0.4, -0.2) is 53.0 Å². The Kier molecular flexibility index (Phi) is 10.7. The van der Waals surface area contributed by atoms with Crippen LogP contribution in [0.1, 0.15) is 59.5 Å². The first-order chi connectivity index (χ1) is 22.6. The third-order valence-corrected chi connectivity index (χ3v) is 9.01. The van der Waals surface area contributed by atoms with Crippen LogP contribution in [0.4, 0.5) is 4.79 Å². The smallest absolute Gasteiger partial charge is 0.315 e. The van der Waals surface area contributed by atoms with Crippen molar-refractivity contribution >= 4 is 6.03 Å². The molecule has 0 aliphatic carbocycles. The summed E-state index contributed by atoms with van der Waals surface area (Å²) in [6.07, 6.45) is 2.03. The first-order valence-corrected chi connectivity index (χ1v) is 16.2. The second-order valence-electron chi connectivity index (χ2n) is 12.1. The van der Waals surface area contributed by atoms with Gasteiger partial charge in [0.05, 0.1) is 25.4 Å². The fraction of sp³-hybridized carbons (Fsp3) is 0.342. The quantitative estimate of drug-likeness (QED) is 0.168. The van der Waals surface area contributed by atoms with E-state index in [0.29, 0.717) is 19.5 Å². The Morgan fingerprint density at radius 2 is 1.50 bits per heavy atom. The molecule has 2 aliphatic heterocycles. The zero-order valence-electron chi connectivity index (χ0n) is 26.1. The lowest BCUT2D eigenvalue weighted by molar-refractivity contribution is -0.253. The average Bonchev–Trinajstić information content (AvgIpc) is 3.57. The van der Waals surface area contributed by atoms with Gasteiger partial charge in [-0.05, 0) is 52.8 Å². The molecular weight excluding hydrogens is 578 g/mol. The van der Waals surface area contributed by atoms with Crippen molar-refractivity contribution in [2.24, 2.45) is 0 Å². The molecule has 4 atom stereocenters. The Hall–Kier alpha value is -4.05. The molecule has 8 heteroatoms. The van der Waals surface area contributed by atoms with Gasteiger partial charge in [0, 0.05) is 37.7 Å². The number of hydrogen-bond donors (Lipinski definition) is 4. The Bertz CT molecular complexity index is 1550. The van der Waals surface area contributed by atoms with Crippen molar-refractivity contribution in [1.82, 2.24) is 15.5 Å². The number of carbonyl (C=O) groups is 1. The number of rotatable bonds is 11. The molecule has 2 amide bonds. The van der Waals surface area contributed by atoms with Crippen molar-refractivity contribution in [3.05, 3.63) is 131 Å². The molecule has 2 saturated heterocycles. The zero-order valence-corrected chi connectivity index (χ0v) is 26.1. The van der Waals surface area contributed by atoms with Crippen molar-refractivity contribution in [2.45, 2.75) is 63.5 Å². The van der Waals surface area contributed by atoms with Crippen LogP contribution < -0.4 is 10.6 Å². The molecule has 8 nitrogen and oxygen atoms in total. The Morgan fingerprint density at radius 1 is 0.783 bits per heavy atom. The molecule has 0 aromatic heterocycles. The minimum Gasteiger partial charge on any atom is -0.395 e. The number of aliphatic hydroxyl groups excluding tert-OH is 2. The number of nitrogens with one attached hydrogen (secondary N) is 2. The fourth-order valence-electron chi connectivity index (χ4n) is 6.43. The van der Waals surface area contributed by atoms with E-state index in [1.165, 1.54) is 0 Å². The first-order valence-electron chi connectivity index (χ1n) is 16.2. The molecule has 0 unspecified atom stereocenters. The van der Waals surface area contributed by atoms with Crippen molar-refractivity contribution in [3.63, 3.8) is 0 Å². The van der Waals surface area contributed by atoms with Crippen molar-refractivity contribution in [1.29, 1.82) is 0 Å². The third-order valence-electron chi connectivity index (χ3n) is 9.01. The van der Waals surface area contributed by atoms with Gasteiger partial charge in [0.2, 0.25) is 0 Å². The maximum absolute atomic E-state index is 12.5. The van der Waals surface area contributed by atoms with Gasteiger partial charge < -0.3 is 30.3 Å². The molecular formula is C38H43N3O5. The maximum atomic E-state index is 12.5. The number of urea groups is 1. The fourth-order valence-corrected chi connectivity index (χ4v) is 6.43. The van der Waals surface area contributed by atoms with Gasteiger partial charge in [0.25, 0.3) is 0 Å². The second kappa shape index (κ2) is 15.5. The number of nitrogens with zero attached hydrogens (tertiary/aromatic N) is 1. The number of hydrogen-bond acceptors (Lipinski definition) is 6. The summed E-state index contributed by atoms with van der Waals surface area (Å²) >= 11 is 0. The van der Waals surface area contributed by atoms with Gasteiger partial charge in [0.1, 0.15) is 0 Å². The van der Waals surface area contributed by atoms with E-state index in [4.69, 9.17) is 9.47 Å². The zero-order chi connectivity index (χ0) is 31.7. The van der Waals surface area contributed by atoms with Gasteiger partial charge in [-0.3, -0.25) is 4.90 Å². The van der Waals surface area contributed by atoms with Gasteiger partial charge in [-0.25, -0.2) is 4.79 Å². The molecule has 0 radical (unpaired) electrons. The summed E-state index contributed by atoms with van der Waals surface area (Å²) in [4.78, 5) is 14.9. The molecule has 6 rings (SSSR count). The van der Waals surface area contributed by atoms with Gasteiger partial charge in [0.15, 0.2) is 6.29 Å². The van der Waals surface area contributed by atoms with Gasteiger partial charge in [-0.1, -0.05) is 103 Å². The topological polar surface area (TPSA) is 103 Å². The highest BCUT2D eigenvalue weighted by Crippen LogP contribution is 2.39. The number of likely N-dealkylation sites (tertiary alicyclic amines) is 1. The second-order valence-corrected chi connectivity index (χ2v) is 12.1. The Morgan fingerprint density at radius 3 is 2.26 bits per heavy atom. The van der Waals surface area contributed by atoms with Gasteiger partial charge >= 0.3 is 6.03 Å². The van der Waals surface area contributed by atoms with Crippen LogP contribution in [0, 0.1) is 0 Å². The lowest BCUT2D eigenvalue weighted by Gasteiger charge is -2.38. The highest BCUT2D eigenvalue weighted by Gasteiger charge is 2.35. The minimum absolute atomic E-state index is 0.00463. The van der Waals surface area contributed by atoms with Crippen LogP contribution >= 0.6 is 0 Å². The molecule has 240 valence electrons. The molecule has 2 aliphatic rings. The van der Waals surface area contributed by atoms with E-state index in [-0.39, 0.29) is 37.5 Å². The standard InChI is InChI=1S/C38H43N3O5/c42-25-28-12-14-30(15-13-28)36-21-34(24-41-20-6-10-33(41)26-43)45-37(46-36)31-18-16-29(17-19-31)35-11-5-4-9-32(35)23-40-38(44)39-22-27-7-2-1-3-8-27/h1-5,7-9,11-19,33-34,36-37,42-43H,6,10,20-26H2,(H2,39,40,44)/t33-,34+,36-,37-/m0/s1. The molecule has 2 heterocycles. The molecule has 2 fully saturated rings. The van der Waals surface area contributed by atoms with E-state index in [1.807, 2.05) is 72.8 Å². The van der Waals surface area contributed by atoms with Crippen molar-refractivity contribution in [2.75, 3.05) is 19.7 Å². The minimum atomic E-state index is -0.546. The molecule has 4 N–H and O–H groups in total. The van der Waals surface area contributed by atoms with E-state index in [1.54, 1.807) is 0 Å². The normalized spacial score (nSPS) is 21.6. The average molecular weight is 622 g/mol. The monoisotopic (exact) mass is 621 g/mol. The molecule has 0 bridgehead atoms. The Balaban J connectivity index is 1.15. The van der Waals surface area contributed by atoms with E-state index < -0.39 is 6.29 Å². The number of aliphatic hydroxyl groups is 2. The lowest BCUT2D eigenvalue weighted by atomic mass is 9.97. The largest absolute Gasteiger partial charge is 0.395 e. The third kappa shape index (κ3) is 8.02. The van der Waals surface area contributed by atoms with Crippen LogP contribution in [0.15, 0.2) is 103 Å². The van der Waals surface area contributed by atoms with Crippen LogP contribution in [0.5, 0.6) is 0 Å². The van der Waals surface area contributed by atoms with Crippen LogP contribution in [0.2, 0.25) is 0 Å². The maximum Gasteiger partial charge on any atom is 0.315 e. The predicted molar refractivity (Wildman–Crippen MR) is 177 cm³/mol. The number of benzene rings is 4. The summed E-state index contributed by atoms with van der Waals surface area (Å²) < 4.78 is 13.1. The summed E-state index contributed by atoms with van der Waals surface area (Å²) in [6, 6.07) is 34.1. The summed E-state index contributed by atoms with van der Waals surface area (Å²) in [6.45, 7) is 2.74.